The smallest absolute Gasteiger partial charge is 0.223 e. The molecule has 0 radical (unpaired) electrons. The summed E-state index contributed by atoms with van der Waals surface area (Å²) in [5, 5.41) is 12.9. The average molecular weight is 329 g/mol. The van der Waals surface area contributed by atoms with Crippen molar-refractivity contribution in [3.8, 4) is 5.75 Å². The molecular formula is C19H20FNO3. The number of ether oxygens (including phenoxy) is 1. The largest absolute Gasteiger partial charge is 0.497 e. The second-order valence-electron chi connectivity index (χ2n) is 6.03. The maximum atomic E-state index is 12.9. The SMILES string of the molecule is COc1ccc(C(O)CNC(=O)C2CC2c2ccc(F)cc2)cc1. The molecule has 5 heteroatoms. The number of nitrogens with one attached hydrogen (secondary N) is 1. The van der Waals surface area contributed by atoms with E-state index in [2.05, 4.69) is 5.32 Å². The zero-order valence-electron chi connectivity index (χ0n) is 13.4. The highest BCUT2D eigenvalue weighted by Gasteiger charge is 2.43. The van der Waals surface area contributed by atoms with Gasteiger partial charge in [0.1, 0.15) is 11.6 Å². The molecule has 1 amide bonds. The Hall–Kier alpha value is -2.40. The molecule has 1 aliphatic rings. The third-order valence-electron chi connectivity index (χ3n) is 4.40. The molecule has 2 N–H and O–H groups in total. The Balaban J connectivity index is 1.49. The predicted octanol–water partition coefficient (Wildman–Crippen LogP) is 2.79. The van der Waals surface area contributed by atoms with Crippen LogP contribution in [0.5, 0.6) is 5.75 Å². The van der Waals surface area contributed by atoms with E-state index < -0.39 is 6.10 Å². The molecule has 0 aliphatic heterocycles. The van der Waals surface area contributed by atoms with Gasteiger partial charge >= 0.3 is 0 Å². The van der Waals surface area contributed by atoms with Crippen molar-refractivity contribution in [1.82, 2.24) is 5.32 Å². The molecule has 0 bridgehead atoms. The maximum Gasteiger partial charge on any atom is 0.223 e. The number of amides is 1. The number of halogens is 1. The molecule has 0 aromatic heterocycles. The van der Waals surface area contributed by atoms with Gasteiger partial charge in [0.25, 0.3) is 0 Å². The second-order valence-corrected chi connectivity index (χ2v) is 6.03. The van der Waals surface area contributed by atoms with Gasteiger partial charge < -0.3 is 15.2 Å². The second kappa shape index (κ2) is 7.01. The molecule has 126 valence electrons. The number of aliphatic hydroxyl groups is 1. The lowest BCUT2D eigenvalue weighted by atomic mass is 10.1. The van der Waals surface area contributed by atoms with Gasteiger partial charge in [0.2, 0.25) is 5.91 Å². The van der Waals surface area contributed by atoms with Crippen LogP contribution in [-0.4, -0.2) is 24.7 Å². The first-order valence-corrected chi connectivity index (χ1v) is 7.93. The van der Waals surface area contributed by atoms with Gasteiger partial charge in [-0.2, -0.15) is 0 Å². The number of carbonyl (C=O) groups excluding carboxylic acids is 1. The summed E-state index contributed by atoms with van der Waals surface area (Å²) in [6.07, 6.45) is -0.00121. The Morgan fingerprint density at radius 1 is 1.25 bits per heavy atom. The van der Waals surface area contributed by atoms with Crippen molar-refractivity contribution >= 4 is 5.91 Å². The Labute approximate surface area is 140 Å². The van der Waals surface area contributed by atoms with Crippen molar-refractivity contribution < 1.29 is 19.0 Å². The number of benzene rings is 2. The fourth-order valence-electron chi connectivity index (χ4n) is 2.84. The van der Waals surface area contributed by atoms with E-state index >= 15 is 0 Å². The van der Waals surface area contributed by atoms with Gasteiger partial charge in [0.05, 0.1) is 13.2 Å². The molecule has 0 heterocycles. The van der Waals surface area contributed by atoms with Crippen molar-refractivity contribution in [2.75, 3.05) is 13.7 Å². The Bertz CT molecular complexity index is 700. The Morgan fingerprint density at radius 2 is 1.92 bits per heavy atom. The maximum absolute atomic E-state index is 12.9. The van der Waals surface area contributed by atoms with Gasteiger partial charge in [-0.3, -0.25) is 4.79 Å². The van der Waals surface area contributed by atoms with E-state index in [1.807, 2.05) is 0 Å². The molecule has 1 aliphatic carbocycles. The van der Waals surface area contributed by atoms with Gasteiger partial charge in [-0.25, -0.2) is 4.39 Å². The van der Waals surface area contributed by atoms with Gasteiger partial charge in [-0.15, -0.1) is 0 Å². The van der Waals surface area contributed by atoms with E-state index in [-0.39, 0.29) is 30.1 Å². The zero-order valence-corrected chi connectivity index (χ0v) is 13.4. The summed E-state index contributed by atoms with van der Waals surface area (Å²) in [4.78, 5) is 12.2. The molecule has 1 fully saturated rings. The minimum atomic E-state index is -0.761. The highest BCUT2D eigenvalue weighted by Crippen LogP contribution is 2.47. The zero-order chi connectivity index (χ0) is 17.1. The first kappa shape index (κ1) is 16.5. The van der Waals surface area contributed by atoms with Crippen molar-refractivity contribution in [2.45, 2.75) is 18.4 Å². The third-order valence-corrected chi connectivity index (χ3v) is 4.40. The van der Waals surface area contributed by atoms with Crippen LogP contribution < -0.4 is 10.1 Å². The standard InChI is InChI=1S/C19H20FNO3/c1-24-15-8-4-13(5-9-15)18(22)11-21-19(23)17-10-16(17)12-2-6-14(20)7-3-12/h2-9,16-18,22H,10-11H2,1H3,(H,21,23). The molecule has 3 rings (SSSR count). The molecule has 4 nitrogen and oxygen atoms in total. The monoisotopic (exact) mass is 329 g/mol. The van der Waals surface area contributed by atoms with E-state index in [1.54, 1.807) is 43.5 Å². The lowest BCUT2D eigenvalue weighted by molar-refractivity contribution is -0.122. The van der Waals surface area contributed by atoms with Crippen LogP contribution >= 0.6 is 0 Å². The van der Waals surface area contributed by atoms with E-state index in [0.717, 1.165) is 23.3 Å². The average Bonchev–Trinajstić information content (AvgIpc) is 3.41. The number of rotatable bonds is 6. The van der Waals surface area contributed by atoms with Crippen LogP contribution in [0.15, 0.2) is 48.5 Å². The minimum Gasteiger partial charge on any atom is -0.497 e. The summed E-state index contributed by atoms with van der Waals surface area (Å²) in [5.74, 6) is 0.414. The van der Waals surface area contributed by atoms with Crippen molar-refractivity contribution in [3.05, 3.63) is 65.5 Å². The number of hydrogen-bond acceptors (Lipinski definition) is 3. The predicted molar refractivity (Wildman–Crippen MR) is 88.2 cm³/mol. The van der Waals surface area contributed by atoms with Crippen molar-refractivity contribution in [3.63, 3.8) is 0 Å². The molecule has 3 unspecified atom stereocenters. The van der Waals surface area contributed by atoms with Gasteiger partial charge in [0, 0.05) is 12.5 Å². The van der Waals surface area contributed by atoms with Crippen molar-refractivity contribution in [2.24, 2.45) is 5.92 Å². The lowest BCUT2D eigenvalue weighted by Gasteiger charge is -2.13. The van der Waals surface area contributed by atoms with Gasteiger partial charge in [-0.05, 0) is 47.7 Å². The van der Waals surface area contributed by atoms with Crippen LogP contribution in [0, 0.1) is 11.7 Å². The van der Waals surface area contributed by atoms with Crippen LogP contribution in [0.2, 0.25) is 0 Å². The topological polar surface area (TPSA) is 58.6 Å². The van der Waals surface area contributed by atoms with Gasteiger partial charge in [0.15, 0.2) is 0 Å². The van der Waals surface area contributed by atoms with Crippen molar-refractivity contribution in [1.29, 1.82) is 0 Å². The highest BCUT2D eigenvalue weighted by molar-refractivity contribution is 5.82. The number of aliphatic hydroxyl groups excluding tert-OH is 1. The van der Waals surface area contributed by atoms with E-state index in [0.29, 0.717) is 0 Å². The van der Waals surface area contributed by atoms with E-state index in [4.69, 9.17) is 4.74 Å². The fraction of sp³-hybridized carbons (Fsp3) is 0.316. The molecule has 0 spiro atoms. The first-order chi connectivity index (χ1) is 11.6. The van der Waals surface area contributed by atoms with Crippen LogP contribution in [0.25, 0.3) is 0 Å². The number of methoxy groups -OCH3 is 1. The summed E-state index contributed by atoms with van der Waals surface area (Å²) in [6.45, 7) is 0.164. The summed E-state index contributed by atoms with van der Waals surface area (Å²) in [5.41, 5.74) is 1.70. The summed E-state index contributed by atoms with van der Waals surface area (Å²) in [6, 6.07) is 13.4. The normalized spacial score (nSPS) is 20.3. The van der Waals surface area contributed by atoms with Crippen LogP contribution in [-0.2, 0) is 4.79 Å². The summed E-state index contributed by atoms with van der Waals surface area (Å²) < 4.78 is 18.0. The Kier molecular flexibility index (Phi) is 4.81. The van der Waals surface area contributed by atoms with Crippen LogP contribution in [0.4, 0.5) is 4.39 Å². The highest BCUT2D eigenvalue weighted by atomic mass is 19.1. The van der Waals surface area contributed by atoms with E-state index in [1.165, 1.54) is 12.1 Å². The number of carbonyl (C=O) groups is 1. The summed E-state index contributed by atoms with van der Waals surface area (Å²) >= 11 is 0. The fourth-order valence-corrected chi connectivity index (χ4v) is 2.84. The van der Waals surface area contributed by atoms with Crippen LogP contribution in [0.1, 0.15) is 29.6 Å². The molecule has 0 saturated heterocycles. The molecule has 24 heavy (non-hydrogen) atoms. The molecular weight excluding hydrogens is 309 g/mol. The van der Waals surface area contributed by atoms with Gasteiger partial charge in [-0.1, -0.05) is 24.3 Å². The minimum absolute atomic E-state index is 0.0723. The lowest BCUT2D eigenvalue weighted by Crippen LogP contribution is -2.30. The molecule has 3 atom stereocenters. The molecule has 1 saturated carbocycles. The van der Waals surface area contributed by atoms with Crippen LogP contribution in [0.3, 0.4) is 0 Å². The quantitative estimate of drug-likeness (QED) is 0.857. The third kappa shape index (κ3) is 3.74. The summed E-state index contributed by atoms with van der Waals surface area (Å²) in [7, 11) is 1.58. The first-order valence-electron chi connectivity index (χ1n) is 7.93. The molecule has 2 aromatic rings. The molecule has 2 aromatic carbocycles. The number of hydrogen-bond donors (Lipinski definition) is 2. The Morgan fingerprint density at radius 3 is 2.54 bits per heavy atom. The van der Waals surface area contributed by atoms with E-state index in [9.17, 15) is 14.3 Å².